The predicted octanol–water partition coefficient (Wildman–Crippen LogP) is 4.43. The van der Waals surface area contributed by atoms with Crippen LogP contribution in [0.25, 0.3) is 0 Å². The van der Waals surface area contributed by atoms with Crippen molar-refractivity contribution in [1.29, 1.82) is 0 Å². The van der Waals surface area contributed by atoms with Crippen LogP contribution in [0.15, 0.2) is 30.3 Å². The zero-order valence-corrected chi connectivity index (χ0v) is 15.8. The van der Waals surface area contributed by atoms with E-state index < -0.39 is 0 Å². The number of benzene rings is 1. The Kier molecular flexibility index (Phi) is 6.51. The number of carbonyl (C=O) groups excluding carboxylic acids is 1. The van der Waals surface area contributed by atoms with Gasteiger partial charge in [-0.2, -0.15) is 0 Å². The molecule has 0 aliphatic heterocycles. The Hall–Kier alpha value is -2.43. The van der Waals surface area contributed by atoms with Crippen LogP contribution in [0.3, 0.4) is 0 Å². The minimum Gasteiger partial charge on any atom is -0.351 e. The van der Waals surface area contributed by atoms with Crippen LogP contribution in [0.1, 0.15) is 61.9 Å². The second kappa shape index (κ2) is 8.60. The highest BCUT2D eigenvalue weighted by Gasteiger charge is 2.12. The molecule has 0 aliphatic carbocycles. The van der Waals surface area contributed by atoms with E-state index in [4.69, 9.17) is 0 Å². The number of carbonyl (C=O) groups is 1. The van der Waals surface area contributed by atoms with Crippen molar-refractivity contribution in [2.75, 3.05) is 11.9 Å². The summed E-state index contributed by atoms with van der Waals surface area (Å²) in [5.41, 5.74) is 2.60. The number of anilines is 2. The van der Waals surface area contributed by atoms with Gasteiger partial charge in [0.2, 0.25) is 0 Å². The fourth-order valence-electron chi connectivity index (χ4n) is 2.57. The Labute approximate surface area is 150 Å². The summed E-state index contributed by atoms with van der Waals surface area (Å²) in [5, 5.41) is 6.25. The topological polar surface area (TPSA) is 66.9 Å². The molecule has 0 bridgehead atoms. The summed E-state index contributed by atoms with van der Waals surface area (Å²) < 4.78 is 0. The number of para-hydroxylation sites is 1. The first kappa shape index (κ1) is 18.9. The molecule has 0 fully saturated rings. The number of rotatable bonds is 7. The van der Waals surface area contributed by atoms with Crippen molar-refractivity contribution in [2.45, 2.75) is 47.0 Å². The number of aryl methyl sites for hydroxylation is 1. The van der Waals surface area contributed by atoms with Crippen molar-refractivity contribution in [3.63, 3.8) is 0 Å². The lowest BCUT2D eigenvalue weighted by Gasteiger charge is -2.15. The summed E-state index contributed by atoms with van der Waals surface area (Å²) in [4.78, 5) is 21.0. The number of aromatic nitrogens is 2. The van der Waals surface area contributed by atoms with E-state index in [0.717, 1.165) is 12.1 Å². The maximum Gasteiger partial charge on any atom is 0.270 e. The van der Waals surface area contributed by atoms with Crippen LogP contribution in [0, 0.1) is 12.8 Å². The lowest BCUT2D eigenvalue weighted by molar-refractivity contribution is 0.0946. The van der Waals surface area contributed by atoms with E-state index in [1.807, 2.05) is 18.2 Å². The van der Waals surface area contributed by atoms with E-state index in [0.29, 0.717) is 35.7 Å². The molecule has 0 aliphatic rings. The molecule has 2 rings (SSSR count). The Morgan fingerprint density at radius 1 is 1.12 bits per heavy atom. The minimum absolute atomic E-state index is 0.161. The van der Waals surface area contributed by atoms with Gasteiger partial charge in [0.05, 0.1) is 0 Å². The molecule has 1 aromatic heterocycles. The van der Waals surface area contributed by atoms with Gasteiger partial charge in [-0.25, -0.2) is 9.97 Å². The molecule has 0 unspecified atom stereocenters. The summed E-state index contributed by atoms with van der Waals surface area (Å²) in [6.07, 6.45) is 0.947. The second-order valence-corrected chi connectivity index (χ2v) is 6.99. The van der Waals surface area contributed by atoms with Crippen molar-refractivity contribution in [1.82, 2.24) is 15.3 Å². The van der Waals surface area contributed by atoms with Gasteiger partial charge in [0.1, 0.15) is 17.3 Å². The minimum atomic E-state index is -0.161. The summed E-state index contributed by atoms with van der Waals surface area (Å²) >= 11 is 0. The van der Waals surface area contributed by atoms with Crippen molar-refractivity contribution in [2.24, 2.45) is 5.92 Å². The lowest BCUT2D eigenvalue weighted by Crippen LogP contribution is -2.26. The molecular weight excluding hydrogens is 312 g/mol. The SMILES string of the molecule is Cc1nc(Nc2ccccc2C(C)C)cc(C(=O)NCCC(C)C)n1. The molecule has 1 aromatic carbocycles. The molecule has 5 nitrogen and oxygen atoms in total. The first-order valence-corrected chi connectivity index (χ1v) is 8.86. The molecule has 5 heteroatoms. The van der Waals surface area contributed by atoms with Gasteiger partial charge >= 0.3 is 0 Å². The quantitative estimate of drug-likeness (QED) is 0.782. The van der Waals surface area contributed by atoms with Crippen LogP contribution in [-0.4, -0.2) is 22.4 Å². The third-order valence-electron chi connectivity index (χ3n) is 3.92. The summed E-state index contributed by atoms with van der Waals surface area (Å²) in [6, 6.07) is 9.84. The molecule has 2 N–H and O–H groups in total. The van der Waals surface area contributed by atoms with Crippen LogP contribution in [0.2, 0.25) is 0 Å². The normalized spacial score (nSPS) is 11.0. The fourth-order valence-corrected chi connectivity index (χ4v) is 2.57. The molecule has 0 radical (unpaired) electrons. The van der Waals surface area contributed by atoms with Crippen molar-refractivity contribution >= 4 is 17.4 Å². The van der Waals surface area contributed by atoms with Crippen LogP contribution in [-0.2, 0) is 0 Å². The summed E-state index contributed by atoms with van der Waals surface area (Å²) in [7, 11) is 0. The van der Waals surface area contributed by atoms with Crippen LogP contribution < -0.4 is 10.6 Å². The number of nitrogens with zero attached hydrogens (tertiary/aromatic N) is 2. The Balaban J connectivity index is 2.18. The Bertz CT molecular complexity index is 725. The van der Waals surface area contributed by atoms with Gasteiger partial charge in [-0.05, 0) is 36.8 Å². The van der Waals surface area contributed by atoms with Crippen LogP contribution in [0.5, 0.6) is 0 Å². The standard InChI is InChI=1S/C20H28N4O/c1-13(2)10-11-21-20(25)18-12-19(23-15(5)22-18)24-17-9-7-6-8-16(17)14(3)4/h6-9,12-14H,10-11H2,1-5H3,(H,21,25)(H,22,23,24). The number of amides is 1. The Morgan fingerprint density at radius 3 is 2.52 bits per heavy atom. The largest absolute Gasteiger partial charge is 0.351 e. The van der Waals surface area contributed by atoms with E-state index in [1.54, 1.807) is 13.0 Å². The maximum absolute atomic E-state index is 12.3. The van der Waals surface area contributed by atoms with E-state index in [9.17, 15) is 4.79 Å². The molecule has 2 aromatic rings. The highest BCUT2D eigenvalue weighted by atomic mass is 16.1. The van der Waals surface area contributed by atoms with Crippen LogP contribution in [0.4, 0.5) is 11.5 Å². The zero-order valence-electron chi connectivity index (χ0n) is 15.8. The van der Waals surface area contributed by atoms with Gasteiger partial charge in [-0.15, -0.1) is 0 Å². The van der Waals surface area contributed by atoms with Gasteiger partial charge in [-0.3, -0.25) is 4.79 Å². The fraction of sp³-hybridized carbons (Fsp3) is 0.450. The molecule has 1 amide bonds. The van der Waals surface area contributed by atoms with Crippen molar-refractivity contribution in [3.05, 3.63) is 47.4 Å². The molecule has 0 atom stereocenters. The highest BCUT2D eigenvalue weighted by molar-refractivity contribution is 5.93. The van der Waals surface area contributed by atoms with E-state index in [2.05, 4.69) is 54.4 Å². The first-order chi connectivity index (χ1) is 11.9. The molecule has 25 heavy (non-hydrogen) atoms. The second-order valence-electron chi connectivity index (χ2n) is 6.99. The van der Waals surface area contributed by atoms with E-state index >= 15 is 0 Å². The number of hydrogen-bond acceptors (Lipinski definition) is 4. The molecule has 0 saturated carbocycles. The van der Waals surface area contributed by atoms with Crippen LogP contribution >= 0.6 is 0 Å². The lowest BCUT2D eigenvalue weighted by atomic mass is 10.0. The molecular formula is C20H28N4O. The molecule has 1 heterocycles. The number of hydrogen-bond donors (Lipinski definition) is 2. The zero-order chi connectivity index (χ0) is 18.4. The Morgan fingerprint density at radius 2 is 1.84 bits per heavy atom. The van der Waals surface area contributed by atoms with Gasteiger partial charge in [0.15, 0.2) is 0 Å². The van der Waals surface area contributed by atoms with E-state index in [-0.39, 0.29) is 5.91 Å². The monoisotopic (exact) mass is 340 g/mol. The van der Waals surface area contributed by atoms with Gasteiger partial charge < -0.3 is 10.6 Å². The van der Waals surface area contributed by atoms with Gasteiger partial charge in [-0.1, -0.05) is 45.9 Å². The summed E-state index contributed by atoms with van der Waals surface area (Å²) in [5.74, 6) is 1.99. The summed E-state index contributed by atoms with van der Waals surface area (Å²) in [6.45, 7) is 11.0. The van der Waals surface area contributed by atoms with Gasteiger partial charge in [0, 0.05) is 18.3 Å². The third kappa shape index (κ3) is 5.55. The molecule has 134 valence electrons. The maximum atomic E-state index is 12.3. The average molecular weight is 340 g/mol. The average Bonchev–Trinajstić information content (AvgIpc) is 2.54. The smallest absolute Gasteiger partial charge is 0.270 e. The van der Waals surface area contributed by atoms with Crippen molar-refractivity contribution in [3.8, 4) is 0 Å². The molecule has 0 spiro atoms. The van der Waals surface area contributed by atoms with Crippen molar-refractivity contribution < 1.29 is 4.79 Å². The number of nitrogens with one attached hydrogen (secondary N) is 2. The first-order valence-electron chi connectivity index (χ1n) is 8.86. The predicted molar refractivity (Wildman–Crippen MR) is 102 cm³/mol. The third-order valence-corrected chi connectivity index (χ3v) is 3.92. The van der Waals surface area contributed by atoms with E-state index in [1.165, 1.54) is 5.56 Å². The highest BCUT2D eigenvalue weighted by Crippen LogP contribution is 2.26. The van der Waals surface area contributed by atoms with Gasteiger partial charge in [0.25, 0.3) is 5.91 Å². The molecule has 0 saturated heterocycles.